The zero-order valence-corrected chi connectivity index (χ0v) is 20.6. The van der Waals surface area contributed by atoms with Gasteiger partial charge in [-0.05, 0) is 60.9 Å². The first-order valence-corrected chi connectivity index (χ1v) is 12.2. The maximum absolute atomic E-state index is 12.9. The number of carbonyl (C=O) groups excluding carboxylic acids is 2. The van der Waals surface area contributed by atoms with Gasteiger partial charge >= 0.3 is 0 Å². The number of hydrogen-bond donors (Lipinski definition) is 3. The van der Waals surface area contributed by atoms with E-state index in [2.05, 4.69) is 15.3 Å². The van der Waals surface area contributed by atoms with Crippen LogP contribution in [0.5, 0.6) is 11.5 Å². The molecule has 0 bridgehead atoms. The zero-order chi connectivity index (χ0) is 26.5. The van der Waals surface area contributed by atoms with Crippen LogP contribution in [0.3, 0.4) is 0 Å². The van der Waals surface area contributed by atoms with E-state index >= 15 is 0 Å². The number of pyridine rings is 2. The third-order valence-corrected chi connectivity index (χ3v) is 6.21. The summed E-state index contributed by atoms with van der Waals surface area (Å²) in [6, 6.07) is 19.5. The first-order chi connectivity index (χ1) is 18.5. The van der Waals surface area contributed by atoms with Crippen LogP contribution in [0, 0.1) is 5.41 Å². The second kappa shape index (κ2) is 10.9. The summed E-state index contributed by atoms with van der Waals surface area (Å²) in [7, 11) is 0. The molecule has 2 amide bonds. The van der Waals surface area contributed by atoms with E-state index in [1.165, 1.54) is 6.20 Å². The number of anilines is 2. The number of aromatic nitrogens is 2. The summed E-state index contributed by atoms with van der Waals surface area (Å²) in [4.78, 5) is 35.6. The molecule has 0 spiro atoms. The molecule has 0 saturated carbocycles. The Balaban J connectivity index is 1.30. The lowest BCUT2D eigenvalue weighted by molar-refractivity contribution is -0.110. The molecular formula is C29H26N6O3. The van der Waals surface area contributed by atoms with Crippen molar-refractivity contribution in [2.45, 2.75) is 12.8 Å². The van der Waals surface area contributed by atoms with E-state index in [0.29, 0.717) is 28.6 Å². The number of likely N-dealkylation sites (tertiary alicyclic amines) is 1. The van der Waals surface area contributed by atoms with Crippen molar-refractivity contribution in [3.05, 3.63) is 96.6 Å². The fourth-order valence-electron chi connectivity index (χ4n) is 4.20. The van der Waals surface area contributed by atoms with Crippen LogP contribution in [0.2, 0.25) is 0 Å². The van der Waals surface area contributed by atoms with E-state index < -0.39 is 5.91 Å². The number of nitrogens with one attached hydrogen (secondary N) is 2. The highest BCUT2D eigenvalue weighted by Crippen LogP contribution is 2.28. The smallest absolute Gasteiger partial charge is 0.274 e. The molecule has 1 aliphatic rings. The number of nitrogen functional groups attached to an aromatic ring is 1. The molecule has 9 nitrogen and oxygen atoms in total. The minimum Gasteiger partial charge on any atom is -0.456 e. The Kier molecular flexibility index (Phi) is 7.08. The van der Waals surface area contributed by atoms with Gasteiger partial charge in [0.1, 0.15) is 22.9 Å². The van der Waals surface area contributed by atoms with E-state index in [9.17, 15) is 9.59 Å². The van der Waals surface area contributed by atoms with E-state index in [1.807, 2.05) is 36.4 Å². The van der Waals surface area contributed by atoms with Crippen LogP contribution < -0.4 is 15.8 Å². The summed E-state index contributed by atoms with van der Waals surface area (Å²) < 4.78 is 5.88. The lowest BCUT2D eigenvalue weighted by Crippen LogP contribution is -2.28. The van der Waals surface area contributed by atoms with Gasteiger partial charge in [-0.2, -0.15) is 0 Å². The molecule has 1 fully saturated rings. The molecule has 2 aromatic heterocycles. The monoisotopic (exact) mass is 506 g/mol. The minimum atomic E-state index is -0.645. The summed E-state index contributed by atoms with van der Waals surface area (Å²) in [6.45, 7) is 1.47. The van der Waals surface area contributed by atoms with Crippen molar-refractivity contribution in [2.75, 3.05) is 24.1 Å². The van der Waals surface area contributed by atoms with Crippen LogP contribution in [0.25, 0.3) is 11.1 Å². The van der Waals surface area contributed by atoms with Crippen molar-refractivity contribution in [1.82, 2.24) is 14.9 Å². The summed E-state index contributed by atoms with van der Waals surface area (Å²) in [5, 5.41) is 11.1. The Hall–Kier alpha value is -5.05. The standard InChI is InChI=1S/C29H26N6O3/c30-25-10-8-19(20-14-23(18-32-16-20)38-22-6-2-1-3-7-22)15-24(25)27(31)28(36)34-21-9-11-26(33-17-21)29(37)35-12-4-5-13-35/h1-3,6-11,14-18,31H,4-5,12-13,30H2,(H,34,36). The Bertz CT molecular complexity index is 1480. The second-order valence-corrected chi connectivity index (χ2v) is 8.89. The molecule has 1 aliphatic heterocycles. The summed E-state index contributed by atoms with van der Waals surface area (Å²) in [6.07, 6.45) is 6.69. The number of nitrogens with zero attached hydrogens (tertiary/aromatic N) is 3. The van der Waals surface area contributed by atoms with Crippen LogP contribution in [0.15, 0.2) is 85.3 Å². The largest absolute Gasteiger partial charge is 0.456 e. The Labute approximate surface area is 219 Å². The van der Waals surface area contributed by atoms with Crippen molar-refractivity contribution in [3.63, 3.8) is 0 Å². The second-order valence-electron chi connectivity index (χ2n) is 8.89. The molecule has 1 saturated heterocycles. The van der Waals surface area contributed by atoms with E-state index in [4.69, 9.17) is 15.9 Å². The number of benzene rings is 2. The molecule has 4 aromatic rings. The average Bonchev–Trinajstić information content (AvgIpc) is 3.49. The lowest BCUT2D eigenvalue weighted by atomic mass is 10.00. The van der Waals surface area contributed by atoms with Gasteiger partial charge in [0, 0.05) is 36.1 Å². The molecule has 9 heteroatoms. The number of ether oxygens (including phenoxy) is 1. The minimum absolute atomic E-state index is 0.120. The fraction of sp³-hybridized carbons (Fsp3) is 0.138. The van der Waals surface area contributed by atoms with Gasteiger partial charge in [0.05, 0.1) is 18.1 Å². The predicted molar refractivity (Wildman–Crippen MR) is 145 cm³/mol. The van der Waals surface area contributed by atoms with E-state index in [0.717, 1.165) is 37.1 Å². The molecular weight excluding hydrogens is 480 g/mol. The van der Waals surface area contributed by atoms with Crippen LogP contribution in [-0.4, -0.2) is 45.5 Å². The molecule has 3 heterocycles. The van der Waals surface area contributed by atoms with Gasteiger partial charge in [0.25, 0.3) is 11.8 Å². The molecule has 38 heavy (non-hydrogen) atoms. The molecule has 0 radical (unpaired) electrons. The molecule has 190 valence electrons. The predicted octanol–water partition coefficient (Wildman–Crippen LogP) is 4.76. The van der Waals surface area contributed by atoms with Crippen molar-refractivity contribution >= 4 is 28.9 Å². The highest BCUT2D eigenvalue weighted by atomic mass is 16.5. The molecule has 0 atom stereocenters. The molecule has 5 rings (SSSR count). The zero-order valence-electron chi connectivity index (χ0n) is 20.6. The molecule has 0 unspecified atom stereocenters. The van der Waals surface area contributed by atoms with Gasteiger partial charge in [-0.3, -0.25) is 20.0 Å². The Morgan fingerprint density at radius 1 is 0.895 bits per heavy atom. The normalized spacial score (nSPS) is 12.7. The van der Waals surface area contributed by atoms with Crippen LogP contribution in [0.4, 0.5) is 11.4 Å². The van der Waals surface area contributed by atoms with Crippen LogP contribution in [0.1, 0.15) is 28.9 Å². The SMILES string of the molecule is N=C(C(=O)Nc1ccc(C(=O)N2CCCC2)nc1)c1cc(-c2cncc(Oc3ccccc3)c2)ccc1N. The van der Waals surface area contributed by atoms with Crippen molar-refractivity contribution in [1.29, 1.82) is 5.41 Å². The van der Waals surface area contributed by atoms with Crippen molar-refractivity contribution in [2.24, 2.45) is 0 Å². The third kappa shape index (κ3) is 5.52. The number of rotatable bonds is 7. The van der Waals surface area contributed by atoms with Crippen LogP contribution >= 0.6 is 0 Å². The van der Waals surface area contributed by atoms with Gasteiger partial charge in [-0.15, -0.1) is 0 Å². The van der Waals surface area contributed by atoms with Crippen molar-refractivity contribution < 1.29 is 14.3 Å². The summed E-state index contributed by atoms with van der Waals surface area (Å²) >= 11 is 0. The van der Waals surface area contributed by atoms with E-state index in [1.54, 1.807) is 47.6 Å². The number of para-hydroxylation sites is 1. The first kappa shape index (κ1) is 24.6. The number of hydrogen-bond acceptors (Lipinski definition) is 7. The fourth-order valence-corrected chi connectivity index (χ4v) is 4.20. The molecule has 0 aliphatic carbocycles. The van der Waals surface area contributed by atoms with Gasteiger partial charge in [-0.25, -0.2) is 4.98 Å². The summed E-state index contributed by atoms with van der Waals surface area (Å²) in [5.74, 6) is 0.476. The van der Waals surface area contributed by atoms with Gasteiger partial charge in [0.2, 0.25) is 0 Å². The first-order valence-electron chi connectivity index (χ1n) is 12.2. The summed E-state index contributed by atoms with van der Waals surface area (Å²) in [5.41, 5.74) is 8.58. The maximum atomic E-state index is 12.9. The van der Waals surface area contributed by atoms with Crippen molar-refractivity contribution in [3.8, 4) is 22.6 Å². The Morgan fingerprint density at radius 3 is 2.42 bits per heavy atom. The highest BCUT2D eigenvalue weighted by molar-refractivity contribution is 6.48. The molecule has 4 N–H and O–H groups in total. The lowest BCUT2D eigenvalue weighted by Gasteiger charge is -2.14. The Morgan fingerprint density at radius 2 is 1.68 bits per heavy atom. The van der Waals surface area contributed by atoms with Gasteiger partial charge < -0.3 is 20.7 Å². The quantitative estimate of drug-likeness (QED) is 0.244. The molecule has 2 aromatic carbocycles. The average molecular weight is 507 g/mol. The number of amides is 2. The number of nitrogens with two attached hydrogens (primary N) is 1. The van der Waals surface area contributed by atoms with E-state index in [-0.39, 0.29) is 17.2 Å². The number of carbonyl (C=O) groups is 2. The maximum Gasteiger partial charge on any atom is 0.274 e. The van der Waals surface area contributed by atoms with Gasteiger partial charge in [-0.1, -0.05) is 24.3 Å². The topological polar surface area (TPSA) is 134 Å². The van der Waals surface area contributed by atoms with Crippen LogP contribution in [-0.2, 0) is 4.79 Å². The van der Waals surface area contributed by atoms with Gasteiger partial charge in [0.15, 0.2) is 0 Å². The highest BCUT2D eigenvalue weighted by Gasteiger charge is 2.21. The third-order valence-electron chi connectivity index (χ3n) is 6.21.